The third kappa shape index (κ3) is 6.10. The number of ether oxygens (including phenoxy) is 1. The lowest BCUT2D eigenvalue weighted by Crippen LogP contribution is -2.30. The van der Waals surface area contributed by atoms with Crippen molar-refractivity contribution in [3.63, 3.8) is 0 Å². The van der Waals surface area contributed by atoms with Crippen molar-refractivity contribution >= 4 is 44.8 Å². The predicted octanol–water partition coefficient (Wildman–Crippen LogP) is 5.43. The summed E-state index contributed by atoms with van der Waals surface area (Å²) in [5.41, 5.74) is 3.41. The van der Waals surface area contributed by atoms with E-state index in [9.17, 15) is 13.2 Å². The number of nitrogens with one attached hydrogen (secondary N) is 1. The minimum atomic E-state index is -4.14. The normalized spacial score (nSPS) is 13.8. The molecule has 0 aromatic heterocycles. The summed E-state index contributed by atoms with van der Waals surface area (Å²) in [4.78, 5) is 14.6. The van der Waals surface area contributed by atoms with E-state index in [2.05, 4.69) is 29.2 Å². The Bertz CT molecular complexity index is 1260. The average Bonchev–Trinajstić information content (AvgIpc) is 3.34. The summed E-state index contributed by atoms with van der Waals surface area (Å²) in [6, 6.07) is 18.9. The van der Waals surface area contributed by atoms with Crippen LogP contribution in [0.2, 0.25) is 10.0 Å². The van der Waals surface area contributed by atoms with Crippen molar-refractivity contribution in [1.82, 2.24) is 4.72 Å². The molecule has 1 heterocycles. The van der Waals surface area contributed by atoms with Crippen LogP contribution in [-0.2, 0) is 28.0 Å². The molecule has 178 valence electrons. The first-order valence-electron chi connectivity index (χ1n) is 10.8. The molecule has 4 rings (SSSR count). The first-order valence-corrected chi connectivity index (χ1v) is 13.1. The molecule has 9 heteroatoms. The number of hydrogen-bond acceptors (Lipinski definition) is 5. The molecule has 34 heavy (non-hydrogen) atoms. The standard InChI is InChI=1S/C25H24Cl2N2O4S/c26-21-9-12-24(23(27)15-21)34(31,32)28-25(30)20-7-3-18(4-8-20)16-33-17-19-5-10-22(11-6-19)29-13-1-2-14-29/h3-12,15H,1-2,13-14,16-17H2,(H,28,30). The molecule has 0 radical (unpaired) electrons. The van der Waals surface area contributed by atoms with Crippen molar-refractivity contribution in [3.8, 4) is 0 Å². The molecule has 1 aliphatic heterocycles. The summed E-state index contributed by atoms with van der Waals surface area (Å²) in [7, 11) is -4.14. The van der Waals surface area contributed by atoms with Crippen LogP contribution in [0.1, 0.15) is 34.3 Å². The fourth-order valence-corrected chi connectivity index (χ4v) is 5.49. The van der Waals surface area contributed by atoms with Crippen LogP contribution < -0.4 is 9.62 Å². The number of carbonyl (C=O) groups excluding carboxylic acids is 1. The Hall–Kier alpha value is -2.58. The lowest BCUT2D eigenvalue weighted by Gasteiger charge is -2.17. The summed E-state index contributed by atoms with van der Waals surface area (Å²) in [5, 5.41) is 0.234. The third-order valence-corrected chi connectivity index (χ3v) is 7.62. The largest absolute Gasteiger partial charge is 0.372 e. The Morgan fingerprint density at radius 2 is 1.47 bits per heavy atom. The molecule has 1 saturated heterocycles. The lowest BCUT2D eigenvalue weighted by molar-refractivity contribution is 0.0980. The van der Waals surface area contributed by atoms with E-state index in [0.717, 1.165) is 24.2 Å². The van der Waals surface area contributed by atoms with Crippen LogP contribution in [0.15, 0.2) is 71.6 Å². The van der Waals surface area contributed by atoms with Gasteiger partial charge in [-0.15, -0.1) is 0 Å². The maximum Gasteiger partial charge on any atom is 0.265 e. The SMILES string of the molecule is O=C(NS(=O)(=O)c1ccc(Cl)cc1Cl)c1ccc(COCc2ccc(N3CCCC3)cc2)cc1. The van der Waals surface area contributed by atoms with Gasteiger partial charge < -0.3 is 9.64 Å². The zero-order valence-electron chi connectivity index (χ0n) is 18.3. The zero-order valence-corrected chi connectivity index (χ0v) is 20.7. The van der Waals surface area contributed by atoms with Gasteiger partial charge in [-0.05, 0) is 66.4 Å². The van der Waals surface area contributed by atoms with E-state index in [4.69, 9.17) is 27.9 Å². The van der Waals surface area contributed by atoms with Crippen LogP contribution >= 0.6 is 23.2 Å². The topological polar surface area (TPSA) is 75.7 Å². The third-order valence-electron chi connectivity index (χ3n) is 5.57. The summed E-state index contributed by atoms with van der Waals surface area (Å²) in [6.07, 6.45) is 2.50. The highest BCUT2D eigenvalue weighted by molar-refractivity contribution is 7.90. The molecule has 1 N–H and O–H groups in total. The summed E-state index contributed by atoms with van der Waals surface area (Å²) in [5.74, 6) is -0.753. The van der Waals surface area contributed by atoms with Crippen molar-refractivity contribution in [2.24, 2.45) is 0 Å². The smallest absolute Gasteiger partial charge is 0.265 e. The van der Waals surface area contributed by atoms with Gasteiger partial charge >= 0.3 is 0 Å². The van der Waals surface area contributed by atoms with Gasteiger partial charge in [-0.25, -0.2) is 13.1 Å². The molecule has 3 aromatic carbocycles. The Morgan fingerprint density at radius 1 is 0.882 bits per heavy atom. The molecule has 0 unspecified atom stereocenters. The number of anilines is 1. The number of nitrogens with zero attached hydrogens (tertiary/aromatic N) is 1. The van der Waals surface area contributed by atoms with Gasteiger partial charge in [0.1, 0.15) is 4.90 Å². The zero-order chi connectivity index (χ0) is 24.1. The number of rotatable bonds is 8. The van der Waals surface area contributed by atoms with E-state index < -0.39 is 15.9 Å². The van der Waals surface area contributed by atoms with Crippen LogP contribution in [0.5, 0.6) is 0 Å². The molecule has 0 bridgehead atoms. The van der Waals surface area contributed by atoms with Gasteiger partial charge in [0.15, 0.2) is 0 Å². The fraction of sp³-hybridized carbons (Fsp3) is 0.240. The second-order valence-electron chi connectivity index (χ2n) is 8.06. The average molecular weight is 519 g/mol. The number of hydrogen-bond donors (Lipinski definition) is 1. The molecule has 6 nitrogen and oxygen atoms in total. The van der Waals surface area contributed by atoms with E-state index in [-0.39, 0.29) is 15.5 Å². The summed E-state index contributed by atoms with van der Waals surface area (Å²) >= 11 is 11.8. The molecule has 0 aliphatic carbocycles. The predicted molar refractivity (Wildman–Crippen MR) is 134 cm³/mol. The van der Waals surface area contributed by atoms with Crippen molar-refractivity contribution < 1.29 is 17.9 Å². The van der Waals surface area contributed by atoms with Gasteiger partial charge in [0, 0.05) is 29.4 Å². The monoisotopic (exact) mass is 518 g/mol. The van der Waals surface area contributed by atoms with E-state index in [1.54, 1.807) is 24.3 Å². The van der Waals surface area contributed by atoms with E-state index in [1.165, 1.54) is 36.7 Å². The highest BCUT2D eigenvalue weighted by Crippen LogP contribution is 2.25. The molecule has 3 aromatic rings. The van der Waals surface area contributed by atoms with Crippen LogP contribution in [0.25, 0.3) is 0 Å². The van der Waals surface area contributed by atoms with Gasteiger partial charge in [-0.1, -0.05) is 47.5 Å². The quantitative estimate of drug-likeness (QED) is 0.430. The van der Waals surface area contributed by atoms with Crippen molar-refractivity contribution in [1.29, 1.82) is 0 Å². The highest BCUT2D eigenvalue weighted by Gasteiger charge is 2.21. The van der Waals surface area contributed by atoms with Gasteiger partial charge in [-0.3, -0.25) is 4.79 Å². The van der Waals surface area contributed by atoms with Crippen molar-refractivity contribution in [3.05, 3.63) is 93.5 Å². The first-order chi connectivity index (χ1) is 16.3. The second-order valence-corrected chi connectivity index (χ2v) is 10.6. The highest BCUT2D eigenvalue weighted by atomic mass is 35.5. The molecule has 0 spiro atoms. The first kappa shape index (κ1) is 24.5. The van der Waals surface area contributed by atoms with E-state index in [1.807, 2.05) is 4.72 Å². The molecule has 1 amide bonds. The Kier molecular flexibility index (Phi) is 7.78. The maximum absolute atomic E-state index is 12.5. The van der Waals surface area contributed by atoms with Crippen LogP contribution in [0.3, 0.4) is 0 Å². The van der Waals surface area contributed by atoms with Crippen molar-refractivity contribution in [2.45, 2.75) is 31.0 Å². The van der Waals surface area contributed by atoms with Gasteiger partial charge in [0.05, 0.1) is 18.2 Å². The second kappa shape index (κ2) is 10.8. The molecular weight excluding hydrogens is 495 g/mol. The van der Waals surface area contributed by atoms with Crippen molar-refractivity contribution in [2.75, 3.05) is 18.0 Å². The Labute approximate surface area is 209 Å². The van der Waals surface area contributed by atoms with Gasteiger partial charge in [-0.2, -0.15) is 0 Å². The number of benzene rings is 3. The maximum atomic E-state index is 12.5. The van der Waals surface area contributed by atoms with Gasteiger partial charge in [0.25, 0.3) is 15.9 Å². The molecule has 1 fully saturated rings. The van der Waals surface area contributed by atoms with Crippen LogP contribution in [-0.4, -0.2) is 27.4 Å². The lowest BCUT2D eigenvalue weighted by atomic mass is 10.1. The van der Waals surface area contributed by atoms with Crippen LogP contribution in [0, 0.1) is 0 Å². The Balaban J connectivity index is 1.30. The molecule has 1 aliphatic rings. The minimum Gasteiger partial charge on any atom is -0.372 e. The Morgan fingerprint density at radius 3 is 2.06 bits per heavy atom. The number of sulfonamides is 1. The van der Waals surface area contributed by atoms with E-state index in [0.29, 0.717) is 18.2 Å². The number of carbonyl (C=O) groups is 1. The molecule has 0 saturated carbocycles. The summed E-state index contributed by atoms with van der Waals surface area (Å²) in [6.45, 7) is 3.08. The summed E-state index contributed by atoms with van der Waals surface area (Å²) < 4.78 is 32.8. The fourth-order valence-electron chi connectivity index (χ4n) is 3.75. The molecule has 0 atom stereocenters. The van der Waals surface area contributed by atoms with Gasteiger partial charge in [0.2, 0.25) is 0 Å². The number of amides is 1. The molecular formula is C25H24Cl2N2O4S. The minimum absolute atomic E-state index is 0.0639. The van der Waals surface area contributed by atoms with E-state index >= 15 is 0 Å². The van der Waals surface area contributed by atoms with Crippen LogP contribution in [0.4, 0.5) is 5.69 Å². The number of halogens is 2.